The fourth-order valence-electron chi connectivity index (χ4n) is 1.54. The SMILES string of the molecule is Nc1ccc(Br)c(C(=O)OCc2ccccc2F)c1. The van der Waals surface area contributed by atoms with E-state index in [0.29, 0.717) is 21.3 Å². The van der Waals surface area contributed by atoms with E-state index in [1.807, 2.05) is 0 Å². The maximum absolute atomic E-state index is 13.4. The van der Waals surface area contributed by atoms with Gasteiger partial charge in [0.2, 0.25) is 0 Å². The molecule has 0 unspecified atom stereocenters. The van der Waals surface area contributed by atoms with Gasteiger partial charge in [0.1, 0.15) is 12.4 Å². The monoisotopic (exact) mass is 323 g/mol. The Labute approximate surface area is 118 Å². The summed E-state index contributed by atoms with van der Waals surface area (Å²) in [7, 11) is 0. The molecule has 0 spiro atoms. The van der Waals surface area contributed by atoms with Crippen molar-refractivity contribution in [3.63, 3.8) is 0 Å². The van der Waals surface area contributed by atoms with Crippen molar-refractivity contribution >= 4 is 27.6 Å². The molecule has 0 bridgehead atoms. The second-order valence-corrected chi connectivity index (χ2v) is 4.76. The number of ether oxygens (including phenoxy) is 1. The first kappa shape index (κ1) is 13.5. The Hall–Kier alpha value is -1.88. The summed E-state index contributed by atoms with van der Waals surface area (Å²) >= 11 is 3.24. The standard InChI is InChI=1S/C14H11BrFNO2/c15-12-6-5-10(17)7-11(12)14(18)19-8-9-3-1-2-4-13(9)16/h1-7H,8,17H2. The lowest BCUT2D eigenvalue weighted by atomic mass is 10.2. The highest BCUT2D eigenvalue weighted by Crippen LogP contribution is 2.21. The second kappa shape index (κ2) is 5.84. The van der Waals surface area contributed by atoms with E-state index in [1.54, 1.807) is 30.3 Å². The van der Waals surface area contributed by atoms with Gasteiger partial charge in [0, 0.05) is 15.7 Å². The van der Waals surface area contributed by atoms with Crippen LogP contribution in [0.4, 0.5) is 10.1 Å². The van der Waals surface area contributed by atoms with Crippen molar-refractivity contribution in [2.45, 2.75) is 6.61 Å². The molecule has 0 saturated heterocycles. The number of hydrogen-bond donors (Lipinski definition) is 1. The number of halogens is 2. The molecule has 0 radical (unpaired) electrons. The van der Waals surface area contributed by atoms with E-state index < -0.39 is 11.8 Å². The molecule has 0 heterocycles. The van der Waals surface area contributed by atoms with Crippen LogP contribution in [-0.4, -0.2) is 5.97 Å². The number of nitrogen functional groups attached to an aromatic ring is 1. The first-order valence-corrected chi connectivity index (χ1v) is 6.33. The van der Waals surface area contributed by atoms with Gasteiger partial charge in [-0.3, -0.25) is 0 Å². The van der Waals surface area contributed by atoms with Crippen molar-refractivity contribution in [3.05, 3.63) is 63.9 Å². The van der Waals surface area contributed by atoms with Crippen LogP contribution in [0.15, 0.2) is 46.9 Å². The molecule has 0 amide bonds. The summed E-state index contributed by atoms with van der Waals surface area (Å²) in [6.45, 7) is -0.118. The lowest BCUT2D eigenvalue weighted by molar-refractivity contribution is 0.0468. The quantitative estimate of drug-likeness (QED) is 0.694. The van der Waals surface area contributed by atoms with E-state index in [0.717, 1.165) is 0 Å². The lowest BCUT2D eigenvalue weighted by Gasteiger charge is -2.07. The van der Waals surface area contributed by atoms with E-state index >= 15 is 0 Å². The van der Waals surface area contributed by atoms with Gasteiger partial charge in [0.15, 0.2) is 0 Å². The molecular formula is C14H11BrFNO2. The van der Waals surface area contributed by atoms with Crippen molar-refractivity contribution in [1.82, 2.24) is 0 Å². The molecule has 98 valence electrons. The molecule has 0 aliphatic rings. The molecule has 0 saturated carbocycles. The zero-order valence-corrected chi connectivity index (χ0v) is 11.5. The van der Waals surface area contributed by atoms with E-state index in [9.17, 15) is 9.18 Å². The molecule has 0 aliphatic carbocycles. The van der Waals surface area contributed by atoms with E-state index in [4.69, 9.17) is 10.5 Å². The van der Waals surface area contributed by atoms with Gasteiger partial charge in [-0.2, -0.15) is 0 Å². The molecule has 2 aromatic rings. The Bertz CT molecular complexity index is 616. The van der Waals surface area contributed by atoms with Crippen LogP contribution in [0.3, 0.4) is 0 Å². The van der Waals surface area contributed by atoms with Gasteiger partial charge in [-0.15, -0.1) is 0 Å². The smallest absolute Gasteiger partial charge is 0.339 e. The minimum absolute atomic E-state index is 0.118. The summed E-state index contributed by atoms with van der Waals surface area (Å²) in [6, 6.07) is 11.0. The molecular weight excluding hydrogens is 313 g/mol. The highest BCUT2D eigenvalue weighted by Gasteiger charge is 2.13. The van der Waals surface area contributed by atoms with E-state index in [1.165, 1.54) is 12.1 Å². The normalized spacial score (nSPS) is 10.2. The van der Waals surface area contributed by atoms with Crippen LogP contribution >= 0.6 is 15.9 Å². The number of esters is 1. The average Bonchev–Trinajstić information content (AvgIpc) is 2.40. The zero-order valence-electron chi connectivity index (χ0n) is 9.90. The molecule has 19 heavy (non-hydrogen) atoms. The third-order valence-electron chi connectivity index (χ3n) is 2.53. The Morgan fingerprint density at radius 1 is 1.26 bits per heavy atom. The molecule has 2 N–H and O–H groups in total. The van der Waals surface area contributed by atoms with Crippen LogP contribution in [0.2, 0.25) is 0 Å². The van der Waals surface area contributed by atoms with Crippen LogP contribution < -0.4 is 5.73 Å². The fraction of sp³-hybridized carbons (Fsp3) is 0.0714. The summed E-state index contributed by atoms with van der Waals surface area (Å²) < 4.78 is 19.0. The predicted molar refractivity (Wildman–Crippen MR) is 74.1 cm³/mol. The maximum Gasteiger partial charge on any atom is 0.339 e. The number of hydrogen-bond acceptors (Lipinski definition) is 3. The first-order valence-electron chi connectivity index (χ1n) is 5.53. The maximum atomic E-state index is 13.4. The van der Waals surface area contributed by atoms with Crippen LogP contribution in [0.1, 0.15) is 15.9 Å². The van der Waals surface area contributed by atoms with Crippen molar-refractivity contribution in [2.75, 3.05) is 5.73 Å². The highest BCUT2D eigenvalue weighted by atomic mass is 79.9. The van der Waals surface area contributed by atoms with Gasteiger partial charge in [-0.25, -0.2) is 9.18 Å². The number of rotatable bonds is 3. The number of nitrogens with two attached hydrogens (primary N) is 1. The third-order valence-corrected chi connectivity index (χ3v) is 3.22. The topological polar surface area (TPSA) is 52.3 Å². The first-order chi connectivity index (χ1) is 9.08. The summed E-state index contributed by atoms with van der Waals surface area (Å²) in [5, 5.41) is 0. The predicted octanol–water partition coefficient (Wildman–Crippen LogP) is 3.53. The van der Waals surface area contributed by atoms with E-state index in [2.05, 4.69) is 15.9 Å². The molecule has 0 aliphatic heterocycles. The summed E-state index contributed by atoms with van der Waals surface area (Å²) in [5.74, 6) is -0.954. The molecule has 2 aromatic carbocycles. The Morgan fingerprint density at radius 2 is 2.00 bits per heavy atom. The molecule has 5 heteroatoms. The summed E-state index contributed by atoms with van der Waals surface area (Å²) in [6.07, 6.45) is 0. The molecule has 0 atom stereocenters. The van der Waals surface area contributed by atoms with Crippen molar-refractivity contribution in [3.8, 4) is 0 Å². The number of anilines is 1. The summed E-state index contributed by atoms with van der Waals surface area (Å²) in [5.41, 5.74) is 6.71. The second-order valence-electron chi connectivity index (χ2n) is 3.91. The number of benzene rings is 2. The van der Waals surface area contributed by atoms with Crippen LogP contribution in [0.5, 0.6) is 0 Å². The molecule has 0 fully saturated rings. The van der Waals surface area contributed by atoms with Crippen LogP contribution in [-0.2, 0) is 11.3 Å². The minimum atomic E-state index is -0.553. The van der Waals surface area contributed by atoms with Crippen molar-refractivity contribution in [2.24, 2.45) is 0 Å². The minimum Gasteiger partial charge on any atom is -0.457 e. The largest absolute Gasteiger partial charge is 0.457 e. The average molecular weight is 324 g/mol. The van der Waals surface area contributed by atoms with Gasteiger partial charge in [-0.05, 0) is 40.2 Å². The zero-order chi connectivity index (χ0) is 13.8. The van der Waals surface area contributed by atoms with Crippen LogP contribution in [0, 0.1) is 5.82 Å². The molecule has 3 nitrogen and oxygen atoms in total. The van der Waals surface area contributed by atoms with Crippen molar-refractivity contribution < 1.29 is 13.9 Å². The highest BCUT2D eigenvalue weighted by molar-refractivity contribution is 9.10. The molecule has 0 aromatic heterocycles. The Balaban J connectivity index is 2.10. The summed E-state index contributed by atoms with van der Waals surface area (Å²) in [4.78, 5) is 11.9. The number of carbonyl (C=O) groups excluding carboxylic acids is 1. The third kappa shape index (κ3) is 3.32. The fourth-order valence-corrected chi connectivity index (χ4v) is 1.94. The molecule has 2 rings (SSSR count). The van der Waals surface area contributed by atoms with Gasteiger partial charge >= 0.3 is 5.97 Å². The lowest BCUT2D eigenvalue weighted by Crippen LogP contribution is -2.07. The van der Waals surface area contributed by atoms with E-state index in [-0.39, 0.29) is 6.61 Å². The Kier molecular flexibility index (Phi) is 4.16. The van der Waals surface area contributed by atoms with Crippen LogP contribution in [0.25, 0.3) is 0 Å². The van der Waals surface area contributed by atoms with Crippen molar-refractivity contribution in [1.29, 1.82) is 0 Å². The Morgan fingerprint density at radius 3 is 2.74 bits per heavy atom. The number of carbonyl (C=O) groups is 1. The van der Waals surface area contributed by atoms with Gasteiger partial charge in [0.05, 0.1) is 5.56 Å². The van der Waals surface area contributed by atoms with Gasteiger partial charge < -0.3 is 10.5 Å². The van der Waals surface area contributed by atoms with Gasteiger partial charge in [0.25, 0.3) is 0 Å². The van der Waals surface area contributed by atoms with Gasteiger partial charge in [-0.1, -0.05) is 18.2 Å².